The maximum absolute atomic E-state index is 9.80. The van der Waals surface area contributed by atoms with Crippen molar-refractivity contribution in [2.75, 3.05) is 0 Å². The molecule has 3 fully saturated rings. The highest BCUT2D eigenvalue weighted by molar-refractivity contribution is 6.80. The van der Waals surface area contributed by atoms with Crippen LogP contribution in [0.15, 0.2) is 0 Å². The van der Waals surface area contributed by atoms with Crippen LogP contribution in [0.3, 0.4) is 0 Å². The van der Waals surface area contributed by atoms with Gasteiger partial charge in [0.25, 0.3) is 0 Å². The summed E-state index contributed by atoms with van der Waals surface area (Å²) in [6.45, 7) is 5.85. The van der Waals surface area contributed by atoms with Gasteiger partial charge in [0.1, 0.15) is 0 Å². The summed E-state index contributed by atoms with van der Waals surface area (Å²) < 4.78 is 54.3. The predicted octanol–water partition coefficient (Wildman–Crippen LogP) is -3.09. The van der Waals surface area contributed by atoms with Gasteiger partial charge in [0.2, 0.25) is 0 Å². The minimum absolute atomic E-state index is 1.95. The van der Waals surface area contributed by atoms with Crippen molar-refractivity contribution in [3.05, 3.63) is 0 Å². The number of rotatable bonds is 2. The third kappa shape index (κ3) is 5.88. The second-order valence-corrected chi connectivity index (χ2v) is 20.9. The summed E-state index contributed by atoms with van der Waals surface area (Å²) in [4.78, 5) is 19.6. The van der Waals surface area contributed by atoms with Gasteiger partial charge in [-0.3, -0.25) is 0 Å². The molecule has 0 aromatic carbocycles. The Labute approximate surface area is 145 Å². The predicted molar refractivity (Wildman–Crippen MR) is 78.9 cm³/mol. The first-order valence-electron chi connectivity index (χ1n) is 6.03. The molecular weight excluding hydrogens is 453 g/mol. The lowest BCUT2D eigenvalue weighted by atomic mass is 11.8. The molecule has 12 nitrogen and oxygen atoms in total. The number of hydrogen-bond donors (Lipinski definition) is 2. The highest BCUT2D eigenvalue weighted by atomic mass is 28.5. The average Bonchev–Trinajstić information content (AvgIpc) is 2.29. The minimum atomic E-state index is -2.75. The van der Waals surface area contributed by atoms with E-state index in [0.717, 1.165) is 0 Å². The Morgan fingerprint density at radius 1 is 0.609 bits per heavy atom. The largest absolute Gasteiger partial charge is 0.558 e. The lowest BCUT2D eigenvalue weighted by Crippen LogP contribution is -2.62. The molecule has 3 aliphatic rings. The number of fused-ring (bicyclic) bond motifs is 3. The molecule has 7 radical (unpaired) electrons. The van der Waals surface area contributed by atoms with Gasteiger partial charge in [-0.1, -0.05) is 0 Å². The molecule has 3 saturated heterocycles. The van der Waals surface area contributed by atoms with E-state index in [9.17, 15) is 9.59 Å². The van der Waals surface area contributed by atoms with E-state index in [4.69, 9.17) is 41.2 Å². The first-order valence-corrected chi connectivity index (χ1v) is 18.1. The summed E-state index contributed by atoms with van der Waals surface area (Å²) >= 11 is 0. The summed E-state index contributed by atoms with van der Waals surface area (Å²) in [6.07, 6.45) is 0. The van der Waals surface area contributed by atoms with Crippen LogP contribution < -0.4 is 0 Å². The molecule has 0 saturated carbocycles. The summed E-state index contributed by atoms with van der Waals surface area (Å²) in [5.74, 6) is 0. The van der Waals surface area contributed by atoms with E-state index in [-0.39, 0.29) is 0 Å². The van der Waals surface area contributed by atoms with Gasteiger partial charge in [0.05, 0.1) is 0 Å². The molecular formula is C3H11O12Si8. The minimum Gasteiger partial charge on any atom is -0.415 e. The van der Waals surface area contributed by atoms with E-state index < -0.39 is 75.0 Å². The van der Waals surface area contributed by atoms with E-state index in [2.05, 4.69) is 0 Å². The molecule has 0 spiro atoms. The Hall–Kier alpha value is 1.26. The van der Waals surface area contributed by atoms with Crippen LogP contribution in [-0.4, -0.2) is 84.6 Å². The highest BCUT2D eigenvalue weighted by Crippen LogP contribution is 2.19. The van der Waals surface area contributed by atoms with Crippen molar-refractivity contribution in [1.29, 1.82) is 0 Å². The fraction of sp³-hybridized carbons (Fsp3) is 1.00. The van der Waals surface area contributed by atoms with E-state index >= 15 is 0 Å². The van der Waals surface area contributed by atoms with Gasteiger partial charge >= 0.3 is 66.7 Å². The first-order chi connectivity index (χ1) is 10.8. The van der Waals surface area contributed by atoms with E-state index in [1.807, 2.05) is 19.6 Å². The van der Waals surface area contributed by atoms with Gasteiger partial charge in [-0.15, -0.1) is 0 Å². The van der Waals surface area contributed by atoms with Crippen molar-refractivity contribution in [2.24, 2.45) is 0 Å². The van der Waals surface area contributed by atoms with Crippen LogP contribution in [-0.2, 0) is 41.2 Å². The van der Waals surface area contributed by atoms with Crippen molar-refractivity contribution >= 4 is 75.0 Å². The molecule has 0 atom stereocenters. The van der Waals surface area contributed by atoms with Crippen LogP contribution >= 0.6 is 0 Å². The molecule has 0 unspecified atom stereocenters. The van der Waals surface area contributed by atoms with Gasteiger partial charge in [0.15, 0.2) is 8.32 Å². The fourth-order valence-corrected chi connectivity index (χ4v) is 17.4. The lowest BCUT2D eigenvalue weighted by molar-refractivity contribution is 0.0787. The summed E-state index contributed by atoms with van der Waals surface area (Å²) in [7, 11) is -19.5. The summed E-state index contributed by atoms with van der Waals surface area (Å²) in [5, 5.41) is 0. The average molecular weight is 464 g/mol. The van der Waals surface area contributed by atoms with Crippen LogP contribution in [0.5, 0.6) is 0 Å². The molecule has 2 N–H and O–H groups in total. The summed E-state index contributed by atoms with van der Waals surface area (Å²) in [6, 6.07) is 0. The Bertz CT molecular complexity index is 382. The third-order valence-electron chi connectivity index (χ3n) is 1.91. The van der Waals surface area contributed by atoms with Crippen molar-refractivity contribution in [3.8, 4) is 0 Å². The third-order valence-corrected chi connectivity index (χ3v) is 17.1. The first kappa shape index (κ1) is 19.0. The molecule has 0 aliphatic carbocycles. The van der Waals surface area contributed by atoms with Crippen molar-refractivity contribution in [2.45, 2.75) is 19.6 Å². The zero-order valence-electron chi connectivity index (χ0n) is 12.0. The smallest absolute Gasteiger partial charge is 0.415 e. The van der Waals surface area contributed by atoms with Crippen LogP contribution in [0.1, 0.15) is 0 Å². The van der Waals surface area contributed by atoms with Gasteiger partial charge < -0.3 is 50.7 Å². The Kier molecular flexibility index (Phi) is 6.51. The zero-order valence-corrected chi connectivity index (χ0v) is 20.0. The van der Waals surface area contributed by atoms with Gasteiger partial charge in [-0.05, 0) is 19.6 Å². The van der Waals surface area contributed by atoms with Crippen LogP contribution in [0.2, 0.25) is 19.6 Å². The molecule has 3 rings (SSSR count). The monoisotopic (exact) mass is 463 g/mol. The zero-order chi connectivity index (χ0) is 16.6. The number of hydrogen-bond acceptors (Lipinski definition) is 12. The van der Waals surface area contributed by atoms with Gasteiger partial charge in [-0.25, -0.2) is 0 Å². The van der Waals surface area contributed by atoms with Crippen molar-refractivity contribution in [1.82, 2.24) is 0 Å². The van der Waals surface area contributed by atoms with Crippen LogP contribution in [0.4, 0.5) is 0 Å². The fourth-order valence-electron chi connectivity index (χ4n) is 1.23. The SMILES string of the molecule is C[Si](C)(C)O[Si]1O[Si]2O[Si](O)O[Si]3O[Si](O)O[Si](O[Si](O3)O2)O1. The second kappa shape index (κ2) is 7.87. The standard InChI is InChI=1S/C3H11O12Si8/c1-23(2,3)15-22-13-19-8-16(4)6-18-7-17(5)9-20(14-22)12-21(10-18)11-19/h4-5H,1-3H3. The topological polar surface area (TPSA) is 133 Å². The van der Waals surface area contributed by atoms with Gasteiger partial charge in [0, 0.05) is 0 Å². The molecule has 3 heterocycles. The quantitative estimate of drug-likeness (QED) is 0.402. The molecule has 4 bridgehead atoms. The molecule has 23 heavy (non-hydrogen) atoms. The Morgan fingerprint density at radius 2 is 0.957 bits per heavy atom. The summed E-state index contributed by atoms with van der Waals surface area (Å²) in [5.41, 5.74) is 0. The van der Waals surface area contributed by atoms with Crippen LogP contribution in [0.25, 0.3) is 0 Å². The highest BCUT2D eigenvalue weighted by Gasteiger charge is 2.54. The molecule has 3 aliphatic heterocycles. The lowest BCUT2D eigenvalue weighted by Gasteiger charge is -2.35. The molecule has 127 valence electrons. The van der Waals surface area contributed by atoms with E-state index in [1.165, 1.54) is 0 Å². The maximum Gasteiger partial charge on any atom is 0.558 e. The molecule has 20 heteroatoms. The maximum atomic E-state index is 9.80. The van der Waals surface area contributed by atoms with Gasteiger partial charge in [-0.2, -0.15) is 0 Å². The Balaban J connectivity index is 1.80. The van der Waals surface area contributed by atoms with E-state index in [0.29, 0.717) is 0 Å². The second-order valence-electron chi connectivity index (χ2n) is 4.91. The van der Waals surface area contributed by atoms with Crippen LogP contribution in [0, 0.1) is 0 Å². The molecule has 0 amide bonds. The molecule has 0 aromatic rings. The van der Waals surface area contributed by atoms with Crippen molar-refractivity contribution < 1.29 is 50.7 Å². The van der Waals surface area contributed by atoms with E-state index in [1.54, 1.807) is 0 Å². The normalized spacial score (nSPS) is 29.1. The molecule has 0 aromatic heterocycles. The van der Waals surface area contributed by atoms with Crippen molar-refractivity contribution in [3.63, 3.8) is 0 Å². The Morgan fingerprint density at radius 3 is 1.35 bits per heavy atom.